The summed E-state index contributed by atoms with van der Waals surface area (Å²) in [5, 5.41) is 6.10. The van der Waals surface area contributed by atoms with Crippen molar-refractivity contribution in [3.05, 3.63) is 29.8 Å². The first-order valence-electron chi connectivity index (χ1n) is 7.09. The van der Waals surface area contributed by atoms with Gasteiger partial charge in [-0.05, 0) is 46.8 Å². The summed E-state index contributed by atoms with van der Waals surface area (Å²) in [6.07, 6.45) is 0. The van der Waals surface area contributed by atoms with E-state index in [9.17, 15) is 4.79 Å². The lowest BCUT2D eigenvalue weighted by Gasteiger charge is -2.26. The SMILES string of the molecule is CCOC(C)(C)CNC(C)C(=O)Nc1ccc(C)cc1. The summed E-state index contributed by atoms with van der Waals surface area (Å²) >= 11 is 0. The van der Waals surface area contributed by atoms with Crippen LogP contribution in [0.3, 0.4) is 0 Å². The van der Waals surface area contributed by atoms with Crippen LogP contribution in [0.25, 0.3) is 0 Å². The molecule has 0 aromatic heterocycles. The van der Waals surface area contributed by atoms with Gasteiger partial charge in [-0.3, -0.25) is 4.79 Å². The summed E-state index contributed by atoms with van der Waals surface area (Å²) in [5.41, 5.74) is 1.72. The highest BCUT2D eigenvalue weighted by Gasteiger charge is 2.20. The maximum Gasteiger partial charge on any atom is 0.241 e. The Morgan fingerprint density at radius 3 is 2.45 bits per heavy atom. The molecule has 1 aromatic carbocycles. The molecule has 1 amide bonds. The highest BCUT2D eigenvalue weighted by molar-refractivity contribution is 5.94. The number of hydrogen-bond donors (Lipinski definition) is 2. The number of hydrogen-bond acceptors (Lipinski definition) is 3. The standard InChI is InChI=1S/C16H26N2O2/c1-6-20-16(4,5)11-17-13(3)15(19)18-14-9-7-12(2)8-10-14/h7-10,13,17H,6,11H2,1-5H3,(H,18,19). The molecule has 1 rings (SSSR count). The van der Waals surface area contributed by atoms with E-state index in [0.717, 1.165) is 5.69 Å². The minimum atomic E-state index is -0.271. The second kappa shape index (κ2) is 7.41. The van der Waals surface area contributed by atoms with Crippen LogP contribution in [0.1, 0.15) is 33.3 Å². The maximum atomic E-state index is 12.1. The first-order valence-corrected chi connectivity index (χ1v) is 7.09. The van der Waals surface area contributed by atoms with Crippen molar-refractivity contribution in [2.75, 3.05) is 18.5 Å². The topological polar surface area (TPSA) is 50.4 Å². The molecule has 1 atom stereocenters. The van der Waals surface area contributed by atoms with Gasteiger partial charge in [0.2, 0.25) is 5.91 Å². The Labute approximate surface area is 121 Å². The molecule has 0 radical (unpaired) electrons. The summed E-state index contributed by atoms with van der Waals surface area (Å²) in [4.78, 5) is 12.1. The normalized spacial score (nSPS) is 13.1. The molecule has 4 nitrogen and oxygen atoms in total. The molecular formula is C16H26N2O2. The van der Waals surface area contributed by atoms with Gasteiger partial charge in [-0.15, -0.1) is 0 Å². The summed E-state index contributed by atoms with van der Waals surface area (Å²) in [5.74, 6) is -0.0406. The number of carbonyl (C=O) groups is 1. The van der Waals surface area contributed by atoms with E-state index in [1.165, 1.54) is 5.56 Å². The first-order chi connectivity index (χ1) is 9.34. The van der Waals surface area contributed by atoms with E-state index in [0.29, 0.717) is 13.2 Å². The van der Waals surface area contributed by atoms with Gasteiger partial charge in [0.05, 0.1) is 11.6 Å². The Bertz CT molecular complexity index is 427. The monoisotopic (exact) mass is 278 g/mol. The number of aryl methyl sites for hydroxylation is 1. The van der Waals surface area contributed by atoms with E-state index in [1.54, 1.807) is 0 Å². The van der Waals surface area contributed by atoms with Gasteiger partial charge in [-0.2, -0.15) is 0 Å². The van der Waals surface area contributed by atoms with E-state index in [-0.39, 0.29) is 17.6 Å². The molecule has 2 N–H and O–H groups in total. The number of carbonyl (C=O) groups excluding carboxylic acids is 1. The van der Waals surface area contributed by atoms with E-state index >= 15 is 0 Å². The fourth-order valence-corrected chi connectivity index (χ4v) is 1.82. The Kier molecular flexibility index (Phi) is 6.17. The van der Waals surface area contributed by atoms with Crippen LogP contribution >= 0.6 is 0 Å². The van der Waals surface area contributed by atoms with Gasteiger partial charge >= 0.3 is 0 Å². The second-order valence-corrected chi connectivity index (χ2v) is 5.65. The molecule has 1 unspecified atom stereocenters. The van der Waals surface area contributed by atoms with E-state index in [2.05, 4.69) is 10.6 Å². The number of anilines is 1. The molecule has 0 saturated heterocycles. The summed E-state index contributed by atoms with van der Waals surface area (Å²) in [6.45, 7) is 11.1. The van der Waals surface area contributed by atoms with Crippen LogP contribution in [0.4, 0.5) is 5.69 Å². The molecule has 0 bridgehead atoms. The largest absolute Gasteiger partial charge is 0.375 e. The van der Waals surface area contributed by atoms with E-state index in [1.807, 2.05) is 58.9 Å². The summed E-state index contributed by atoms with van der Waals surface area (Å²) in [7, 11) is 0. The number of ether oxygens (including phenoxy) is 1. The number of rotatable bonds is 7. The average Bonchev–Trinajstić information content (AvgIpc) is 2.38. The zero-order valence-electron chi connectivity index (χ0n) is 13.1. The van der Waals surface area contributed by atoms with Crippen LogP contribution in [0.2, 0.25) is 0 Å². The maximum absolute atomic E-state index is 12.1. The van der Waals surface area contributed by atoms with Crippen LogP contribution in [-0.2, 0) is 9.53 Å². The van der Waals surface area contributed by atoms with Gasteiger partial charge in [0, 0.05) is 18.8 Å². The first kappa shape index (κ1) is 16.7. The van der Waals surface area contributed by atoms with Crippen molar-refractivity contribution in [1.29, 1.82) is 0 Å². The zero-order chi connectivity index (χ0) is 15.2. The average molecular weight is 278 g/mol. The molecular weight excluding hydrogens is 252 g/mol. The minimum absolute atomic E-state index is 0.0406. The highest BCUT2D eigenvalue weighted by Crippen LogP contribution is 2.10. The fraction of sp³-hybridized carbons (Fsp3) is 0.562. The molecule has 0 saturated carbocycles. The van der Waals surface area contributed by atoms with Gasteiger partial charge in [-0.1, -0.05) is 17.7 Å². The molecule has 20 heavy (non-hydrogen) atoms. The lowest BCUT2D eigenvalue weighted by molar-refractivity contribution is -0.118. The number of amides is 1. The van der Waals surface area contributed by atoms with Crippen molar-refractivity contribution in [2.24, 2.45) is 0 Å². The van der Waals surface area contributed by atoms with Gasteiger partial charge in [-0.25, -0.2) is 0 Å². The van der Waals surface area contributed by atoms with Gasteiger partial charge < -0.3 is 15.4 Å². The van der Waals surface area contributed by atoms with Crippen LogP contribution in [-0.4, -0.2) is 30.7 Å². The number of benzene rings is 1. The minimum Gasteiger partial charge on any atom is -0.375 e. The predicted octanol–water partition coefficient (Wildman–Crippen LogP) is 2.73. The molecule has 0 heterocycles. The van der Waals surface area contributed by atoms with Gasteiger partial charge in [0.1, 0.15) is 0 Å². The van der Waals surface area contributed by atoms with Crippen LogP contribution in [0.5, 0.6) is 0 Å². The van der Waals surface area contributed by atoms with E-state index < -0.39 is 0 Å². The lowest BCUT2D eigenvalue weighted by Crippen LogP contribution is -2.46. The van der Waals surface area contributed by atoms with Crippen molar-refractivity contribution in [1.82, 2.24) is 5.32 Å². The Hall–Kier alpha value is -1.39. The van der Waals surface area contributed by atoms with Crippen molar-refractivity contribution in [2.45, 2.75) is 46.3 Å². The second-order valence-electron chi connectivity index (χ2n) is 5.65. The van der Waals surface area contributed by atoms with Crippen LogP contribution in [0, 0.1) is 6.92 Å². The van der Waals surface area contributed by atoms with Gasteiger partial charge in [0.15, 0.2) is 0 Å². The summed E-state index contributed by atoms with van der Waals surface area (Å²) < 4.78 is 5.60. The highest BCUT2D eigenvalue weighted by atomic mass is 16.5. The third-order valence-electron chi connectivity index (χ3n) is 3.08. The zero-order valence-corrected chi connectivity index (χ0v) is 13.1. The van der Waals surface area contributed by atoms with Crippen LogP contribution < -0.4 is 10.6 Å². The Morgan fingerprint density at radius 2 is 1.90 bits per heavy atom. The third kappa shape index (κ3) is 5.72. The van der Waals surface area contributed by atoms with Gasteiger partial charge in [0.25, 0.3) is 0 Å². The van der Waals surface area contributed by atoms with Crippen LogP contribution in [0.15, 0.2) is 24.3 Å². The Balaban J connectivity index is 2.45. The number of nitrogens with one attached hydrogen (secondary N) is 2. The molecule has 0 aliphatic rings. The molecule has 0 aliphatic carbocycles. The lowest BCUT2D eigenvalue weighted by atomic mass is 10.1. The predicted molar refractivity (Wildman–Crippen MR) is 83.0 cm³/mol. The quantitative estimate of drug-likeness (QED) is 0.806. The van der Waals surface area contributed by atoms with Crippen molar-refractivity contribution in [3.63, 3.8) is 0 Å². The molecule has 0 fully saturated rings. The molecule has 0 aliphatic heterocycles. The Morgan fingerprint density at radius 1 is 1.30 bits per heavy atom. The van der Waals surface area contributed by atoms with Crippen molar-refractivity contribution < 1.29 is 9.53 Å². The van der Waals surface area contributed by atoms with Crippen molar-refractivity contribution in [3.8, 4) is 0 Å². The molecule has 0 spiro atoms. The smallest absolute Gasteiger partial charge is 0.241 e. The fourth-order valence-electron chi connectivity index (χ4n) is 1.82. The third-order valence-corrected chi connectivity index (χ3v) is 3.08. The van der Waals surface area contributed by atoms with E-state index in [4.69, 9.17) is 4.74 Å². The summed E-state index contributed by atoms with van der Waals surface area (Å²) in [6, 6.07) is 7.50. The van der Waals surface area contributed by atoms with Crippen molar-refractivity contribution >= 4 is 11.6 Å². The molecule has 1 aromatic rings. The molecule has 112 valence electrons. The molecule has 4 heteroatoms.